The molecule has 75 heavy (non-hydrogen) atoms. The summed E-state index contributed by atoms with van der Waals surface area (Å²) in [6, 6.07) is 15.0. The van der Waals surface area contributed by atoms with E-state index in [-0.39, 0.29) is 48.0 Å². The maximum absolute atomic E-state index is 14.0. The van der Waals surface area contributed by atoms with Crippen LogP contribution in [0.2, 0.25) is 5.02 Å². The van der Waals surface area contributed by atoms with Crippen molar-refractivity contribution in [3.05, 3.63) is 122 Å². The summed E-state index contributed by atoms with van der Waals surface area (Å²) in [5, 5.41) is 26.4. The number of nitrogens with one attached hydrogen (secondary N) is 2. The molecule has 1 saturated carbocycles. The van der Waals surface area contributed by atoms with Gasteiger partial charge in [-0.3, -0.25) is 14.5 Å². The molecule has 3 fully saturated rings. The summed E-state index contributed by atoms with van der Waals surface area (Å²) >= 11 is 5.75. The number of pyridine rings is 2. The fourth-order valence-corrected chi connectivity index (χ4v) is 10.6. The number of carbonyl (C=O) groups excluding carboxylic acids is 2. The van der Waals surface area contributed by atoms with Gasteiger partial charge in [-0.2, -0.15) is 5.26 Å². The highest BCUT2D eigenvalue weighted by molar-refractivity contribution is 6.32. The van der Waals surface area contributed by atoms with E-state index < -0.39 is 6.10 Å². The smallest absolute Gasteiger partial charge is 0.415 e. The topological polar surface area (TPSA) is 221 Å². The third kappa shape index (κ3) is 14.2. The molecule has 3 aliphatic heterocycles. The van der Waals surface area contributed by atoms with Crippen LogP contribution in [0.1, 0.15) is 113 Å². The fraction of sp³-hybridized carbons (Fsp3) is 0.491. The van der Waals surface area contributed by atoms with Gasteiger partial charge in [0.15, 0.2) is 0 Å². The van der Waals surface area contributed by atoms with Gasteiger partial charge in [-0.1, -0.05) is 51.3 Å². The lowest BCUT2D eigenvalue weighted by atomic mass is 9.94. The van der Waals surface area contributed by atoms with Gasteiger partial charge < -0.3 is 55.9 Å². The number of hydrogen-bond acceptors (Lipinski definition) is 14. The molecular weight excluding hydrogens is 970 g/mol. The molecule has 0 bridgehead atoms. The van der Waals surface area contributed by atoms with Crippen molar-refractivity contribution in [1.29, 1.82) is 5.26 Å². The Bertz CT molecular complexity index is 2830. The van der Waals surface area contributed by atoms with Gasteiger partial charge in [-0.25, -0.2) is 9.78 Å². The van der Waals surface area contributed by atoms with Crippen LogP contribution >= 0.6 is 11.6 Å². The highest BCUT2D eigenvalue weighted by Crippen LogP contribution is 2.37. The van der Waals surface area contributed by atoms with Crippen molar-refractivity contribution < 1.29 is 24.2 Å². The molecule has 4 aliphatic rings. The zero-order valence-corrected chi connectivity index (χ0v) is 45.9. The number of piperidine rings is 1. The van der Waals surface area contributed by atoms with E-state index in [0.717, 1.165) is 92.4 Å². The van der Waals surface area contributed by atoms with Gasteiger partial charge in [-0.15, -0.1) is 0 Å². The van der Waals surface area contributed by atoms with Crippen LogP contribution in [0.15, 0.2) is 83.8 Å². The number of hydrogen-bond donors (Lipinski definition) is 5. The van der Waals surface area contributed by atoms with Crippen LogP contribution < -0.4 is 32.4 Å². The van der Waals surface area contributed by atoms with Crippen LogP contribution in [0.5, 0.6) is 5.75 Å². The monoisotopic (exact) mass is 1050 g/mol. The molecule has 18 heteroatoms. The summed E-state index contributed by atoms with van der Waals surface area (Å²) in [5.41, 5.74) is 18.5. The van der Waals surface area contributed by atoms with Crippen molar-refractivity contribution in [3.8, 4) is 23.2 Å². The van der Waals surface area contributed by atoms with Crippen molar-refractivity contribution >= 4 is 40.2 Å². The number of benzene rings is 2. The summed E-state index contributed by atoms with van der Waals surface area (Å²) in [4.78, 5) is 53.9. The van der Waals surface area contributed by atoms with E-state index in [1.807, 2.05) is 74.1 Å². The number of fused-ring (bicyclic) bond motifs is 4. The number of carbonyl (C=O) groups is 2. The maximum Gasteiger partial charge on any atom is 0.415 e. The number of amides is 2. The summed E-state index contributed by atoms with van der Waals surface area (Å²) < 4.78 is 13.3. The Kier molecular flexibility index (Phi) is 20.6. The molecular formula is C57H78ClN11O6. The molecule has 0 spiro atoms. The molecule has 1 aliphatic carbocycles. The Morgan fingerprint density at radius 1 is 1.01 bits per heavy atom. The second kappa shape index (κ2) is 26.8. The molecule has 8 rings (SSSR count). The minimum Gasteiger partial charge on any atom is -0.497 e. The highest BCUT2D eigenvalue weighted by atomic mass is 35.5. The van der Waals surface area contributed by atoms with Crippen molar-refractivity contribution in [2.75, 3.05) is 59.2 Å². The van der Waals surface area contributed by atoms with Gasteiger partial charge in [0.1, 0.15) is 18.4 Å². The summed E-state index contributed by atoms with van der Waals surface area (Å²) in [5.74, 6) is 1.36. The second-order valence-corrected chi connectivity index (χ2v) is 20.4. The predicted octanol–water partition coefficient (Wildman–Crippen LogP) is 8.18. The zero-order chi connectivity index (χ0) is 54.5. The minimum atomic E-state index is -0.875. The molecule has 2 saturated heterocycles. The number of aliphatic hydroxyl groups is 1. The molecule has 0 radical (unpaired) electrons. The SMILES string of the molecule is C=COCc1c(C(C)O)cc2n(c1=O)Cc1cc3c(CN(C)C)c(OC(=O)N4C[C@H](C)N(CC5CCN(/C(N)=C/C=C(\N)C(=O)NC6CCCCC6)CC5)CC4C)ccc3nc1-2.CC.CNc1ccc(C#N)c(Cl)c1. The van der Waals surface area contributed by atoms with E-state index in [9.17, 15) is 19.5 Å². The van der Waals surface area contributed by atoms with Gasteiger partial charge in [0, 0.05) is 86.6 Å². The molecule has 3 atom stereocenters. The lowest BCUT2D eigenvalue weighted by Crippen LogP contribution is -2.59. The summed E-state index contributed by atoms with van der Waals surface area (Å²) in [6.45, 7) is 18.2. The molecule has 7 N–H and O–H groups in total. The summed E-state index contributed by atoms with van der Waals surface area (Å²) in [6.07, 6.45) is 10.9. The van der Waals surface area contributed by atoms with E-state index in [2.05, 4.69) is 40.9 Å². The van der Waals surface area contributed by atoms with Crippen molar-refractivity contribution in [2.45, 2.75) is 123 Å². The number of aromatic nitrogens is 2. The number of likely N-dealkylation sites (tertiary alicyclic amines) is 1. The fourth-order valence-electron chi connectivity index (χ4n) is 10.3. The van der Waals surface area contributed by atoms with Crippen LogP contribution in [-0.2, 0) is 29.2 Å². The quantitative estimate of drug-likeness (QED) is 0.0403. The Labute approximate surface area is 447 Å². The normalized spacial score (nSPS) is 18.6. The van der Waals surface area contributed by atoms with E-state index >= 15 is 0 Å². The van der Waals surface area contributed by atoms with E-state index in [1.165, 1.54) is 12.7 Å². The number of halogens is 1. The Morgan fingerprint density at radius 2 is 1.73 bits per heavy atom. The molecule has 404 valence electrons. The standard InChI is InChI=1S/C47H65N9O6.C8H7ClN2.C2H6/c1-7-61-28-38-35(31(4)57)22-41-44-33(26-56(41)46(38)59)21-36-37(27-52(5)6)42(15-14-40(36)51-44)62-47(60)55-24-29(2)54(23-30(55)3)25-32-17-19-53(20-18-32)43(49)16-13-39(48)45(58)50-34-11-9-8-10-12-34;1-11-7-3-2-6(5-10)8(9)4-7;1-2/h7,13-16,21-22,29-32,34,57H,1,8-12,17-20,23-28,48-49H2,2-6H3,(H,50,58);2-4,11H,1H3;1-2H3/b39-13-,43-16+;;/t29-,30?,31?;;/m0../s1. The first-order valence-electron chi connectivity index (χ1n) is 26.4. The third-order valence-electron chi connectivity index (χ3n) is 14.5. The maximum atomic E-state index is 14.0. The van der Waals surface area contributed by atoms with Crippen LogP contribution in [0.25, 0.3) is 22.3 Å². The molecule has 5 heterocycles. The number of nitriles is 1. The molecule has 2 amide bonds. The first-order valence-corrected chi connectivity index (χ1v) is 26.7. The molecule has 17 nitrogen and oxygen atoms in total. The minimum absolute atomic E-state index is 0.0101. The summed E-state index contributed by atoms with van der Waals surface area (Å²) in [7, 11) is 5.74. The van der Waals surface area contributed by atoms with E-state index in [1.54, 1.807) is 42.8 Å². The highest BCUT2D eigenvalue weighted by Gasteiger charge is 2.36. The van der Waals surface area contributed by atoms with Gasteiger partial charge in [0.2, 0.25) is 0 Å². The van der Waals surface area contributed by atoms with Gasteiger partial charge >= 0.3 is 6.09 Å². The van der Waals surface area contributed by atoms with E-state index in [4.69, 9.17) is 42.8 Å². The number of nitrogens with zero attached hydrogens (tertiary/aromatic N) is 7. The number of rotatable bonds is 14. The molecule has 2 aromatic heterocycles. The zero-order valence-electron chi connectivity index (χ0n) is 45.1. The van der Waals surface area contributed by atoms with Crippen LogP contribution in [0.4, 0.5) is 10.5 Å². The number of aliphatic hydroxyl groups excluding tert-OH is 1. The van der Waals surface area contributed by atoms with Crippen molar-refractivity contribution in [3.63, 3.8) is 0 Å². The number of anilines is 1. The lowest BCUT2D eigenvalue weighted by Gasteiger charge is -2.45. The van der Waals surface area contributed by atoms with E-state index in [0.29, 0.717) is 70.2 Å². The van der Waals surface area contributed by atoms with Gasteiger partial charge in [-0.05, 0) is 127 Å². The van der Waals surface area contributed by atoms with Crippen molar-refractivity contribution in [1.82, 2.24) is 34.5 Å². The van der Waals surface area contributed by atoms with Crippen LogP contribution in [-0.4, -0.2) is 118 Å². The average molecular weight is 1050 g/mol. The number of nitrogens with two attached hydrogens (primary N) is 2. The number of allylic oxidation sites excluding steroid dienone is 2. The van der Waals surface area contributed by atoms with Gasteiger partial charge in [0.05, 0.1) is 63.5 Å². The third-order valence-corrected chi connectivity index (χ3v) is 14.8. The van der Waals surface area contributed by atoms with Crippen molar-refractivity contribution in [2.24, 2.45) is 17.4 Å². The second-order valence-electron chi connectivity index (χ2n) is 20.0. The number of ether oxygens (including phenoxy) is 2. The van der Waals surface area contributed by atoms with Crippen LogP contribution in [0.3, 0.4) is 0 Å². The van der Waals surface area contributed by atoms with Gasteiger partial charge in [0.25, 0.3) is 11.5 Å². The number of piperazine rings is 1. The Balaban J connectivity index is 0.000000619. The molecule has 4 aromatic rings. The lowest BCUT2D eigenvalue weighted by molar-refractivity contribution is -0.118. The first-order chi connectivity index (χ1) is 36.0. The predicted molar refractivity (Wildman–Crippen MR) is 298 cm³/mol. The van der Waals surface area contributed by atoms with Crippen LogP contribution in [0, 0.1) is 17.2 Å². The molecule has 2 aromatic carbocycles. The average Bonchev–Trinajstić information content (AvgIpc) is 3.77. The Hall–Kier alpha value is -6.58. The largest absolute Gasteiger partial charge is 0.497 e. The Morgan fingerprint density at radius 3 is 2.37 bits per heavy atom. The molecule has 2 unspecified atom stereocenters. The first kappa shape index (κ1) is 57.7.